The molecule has 194 valence electrons. The highest BCUT2D eigenvalue weighted by atomic mass is 35.5. The van der Waals surface area contributed by atoms with Crippen molar-refractivity contribution in [2.24, 2.45) is 0 Å². The summed E-state index contributed by atoms with van der Waals surface area (Å²) in [5, 5.41) is 32.1. The minimum atomic E-state index is -1.82. The SMILES string of the molecule is CC1(C[C@H](O)COc2cccc3[nH]ccc23)C=C(c2cc3cc(Cl)ccc3s2)CCN1.O=C(O)C(=O)O. The molecule has 0 amide bonds. The molecule has 5 N–H and O–H groups in total. The number of carboxylic acid groups (broad SMARTS) is 2. The number of aliphatic carboxylic acids is 2. The van der Waals surface area contributed by atoms with Crippen LogP contribution in [0, 0.1) is 0 Å². The van der Waals surface area contributed by atoms with Crippen molar-refractivity contribution in [2.75, 3.05) is 13.2 Å². The molecule has 0 fully saturated rings. The van der Waals surface area contributed by atoms with Crippen molar-refractivity contribution < 1.29 is 29.6 Å². The lowest BCUT2D eigenvalue weighted by molar-refractivity contribution is -0.159. The minimum absolute atomic E-state index is 0.256. The molecule has 37 heavy (non-hydrogen) atoms. The number of halogens is 1. The van der Waals surface area contributed by atoms with Gasteiger partial charge in [0.25, 0.3) is 0 Å². The second-order valence-electron chi connectivity index (χ2n) is 9.03. The number of H-pyrrole nitrogens is 1. The van der Waals surface area contributed by atoms with Gasteiger partial charge < -0.3 is 30.4 Å². The highest BCUT2D eigenvalue weighted by Crippen LogP contribution is 2.36. The van der Waals surface area contributed by atoms with Crippen molar-refractivity contribution in [1.82, 2.24) is 10.3 Å². The van der Waals surface area contributed by atoms with Gasteiger partial charge in [-0.25, -0.2) is 9.59 Å². The van der Waals surface area contributed by atoms with Gasteiger partial charge in [0.15, 0.2) is 0 Å². The van der Waals surface area contributed by atoms with Crippen LogP contribution in [0.15, 0.2) is 60.8 Å². The highest BCUT2D eigenvalue weighted by molar-refractivity contribution is 7.20. The maximum Gasteiger partial charge on any atom is 0.414 e. The first-order chi connectivity index (χ1) is 17.6. The molecule has 2 aromatic heterocycles. The van der Waals surface area contributed by atoms with Gasteiger partial charge in [-0.2, -0.15) is 0 Å². The monoisotopic (exact) mass is 542 g/mol. The Labute approximate surface area is 222 Å². The number of nitrogens with one attached hydrogen (secondary N) is 2. The van der Waals surface area contributed by atoms with E-state index in [4.69, 9.17) is 36.1 Å². The third-order valence-electron chi connectivity index (χ3n) is 6.04. The molecule has 5 rings (SSSR count). The summed E-state index contributed by atoms with van der Waals surface area (Å²) >= 11 is 7.95. The van der Waals surface area contributed by atoms with Gasteiger partial charge in [0, 0.05) is 43.8 Å². The number of benzene rings is 2. The van der Waals surface area contributed by atoms with Gasteiger partial charge in [-0.3, -0.25) is 0 Å². The molecule has 1 aliphatic rings. The second-order valence-corrected chi connectivity index (χ2v) is 10.6. The largest absolute Gasteiger partial charge is 0.490 e. The quantitative estimate of drug-likeness (QED) is 0.213. The number of fused-ring (bicyclic) bond motifs is 2. The molecule has 1 unspecified atom stereocenters. The van der Waals surface area contributed by atoms with Gasteiger partial charge in [-0.1, -0.05) is 23.7 Å². The van der Waals surface area contributed by atoms with Gasteiger partial charge in [0.1, 0.15) is 12.4 Å². The van der Waals surface area contributed by atoms with E-state index in [0.717, 1.165) is 34.6 Å². The average molecular weight is 543 g/mol. The first-order valence-corrected chi connectivity index (χ1v) is 12.8. The first-order valence-electron chi connectivity index (χ1n) is 11.6. The Kier molecular flexibility index (Phi) is 8.19. The molecule has 1 aliphatic heterocycles. The average Bonchev–Trinajstić information content (AvgIpc) is 3.50. The Hall–Kier alpha value is -3.37. The fourth-order valence-electron chi connectivity index (χ4n) is 4.41. The predicted octanol–water partition coefficient (Wildman–Crippen LogP) is 5.16. The van der Waals surface area contributed by atoms with E-state index in [0.29, 0.717) is 6.42 Å². The first kappa shape index (κ1) is 26.7. The molecule has 4 aromatic rings. The van der Waals surface area contributed by atoms with Crippen molar-refractivity contribution in [2.45, 2.75) is 31.4 Å². The predicted molar refractivity (Wildman–Crippen MR) is 146 cm³/mol. The summed E-state index contributed by atoms with van der Waals surface area (Å²) in [6.07, 6.45) is 5.14. The van der Waals surface area contributed by atoms with Crippen LogP contribution in [0.1, 0.15) is 24.6 Å². The zero-order chi connectivity index (χ0) is 26.6. The third kappa shape index (κ3) is 6.69. The van der Waals surface area contributed by atoms with Crippen LogP contribution in [0.4, 0.5) is 0 Å². The number of aromatic nitrogens is 1. The van der Waals surface area contributed by atoms with Crippen molar-refractivity contribution in [3.05, 3.63) is 70.7 Å². The Morgan fingerprint density at radius 2 is 1.95 bits per heavy atom. The summed E-state index contributed by atoms with van der Waals surface area (Å²) in [5.74, 6) is -2.86. The van der Waals surface area contributed by atoms with Crippen molar-refractivity contribution in [3.63, 3.8) is 0 Å². The molecule has 2 aromatic carbocycles. The Morgan fingerprint density at radius 1 is 1.16 bits per heavy atom. The fraction of sp³-hybridized carbons (Fsp3) is 0.259. The van der Waals surface area contributed by atoms with Crippen molar-refractivity contribution >= 4 is 61.4 Å². The minimum Gasteiger partial charge on any atom is -0.490 e. The van der Waals surface area contributed by atoms with Crippen LogP contribution in [0.25, 0.3) is 26.6 Å². The molecule has 10 heteroatoms. The summed E-state index contributed by atoms with van der Waals surface area (Å²) in [6, 6.07) is 16.2. The highest BCUT2D eigenvalue weighted by Gasteiger charge is 2.29. The van der Waals surface area contributed by atoms with Gasteiger partial charge in [0.05, 0.1) is 6.10 Å². The molecule has 2 atom stereocenters. The number of ether oxygens (including phenoxy) is 1. The molecule has 0 bridgehead atoms. The molecule has 8 nitrogen and oxygen atoms in total. The fourth-order valence-corrected chi connectivity index (χ4v) is 5.67. The number of rotatable bonds is 6. The van der Waals surface area contributed by atoms with Crippen molar-refractivity contribution in [1.29, 1.82) is 0 Å². The number of aliphatic hydroxyl groups excluding tert-OH is 1. The van der Waals surface area contributed by atoms with E-state index >= 15 is 0 Å². The summed E-state index contributed by atoms with van der Waals surface area (Å²) in [4.78, 5) is 22.7. The van der Waals surface area contributed by atoms with E-state index in [-0.39, 0.29) is 12.1 Å². The number of aliphatic hydroxyl groups is 1. The smallest absolute Gasteiger partial charge is 0.414 e. The van der Waals surface area contributed by atoms with Crippen LogP contribution >= 0.6 is 22.9 Å². The van der Waals surface area contributed by atoms with E-state index in [1.54, 1.807) is 11.3 Å². The number of hydrogen-bond donors (Lipinski definition) is 5. The molecule has 0 saturated carbocycles. The van der Waals surface area contributed by atoms with E-state index in [9.17, 15) is 5.11 Å². The standard InChI is InChI=1S/C25H25ClN2O2S.C2H2O4/c1-25(14-19(29)15-30-22-4-2-3-21-20(22)8-9-27-21)13-16(7-10-28-25)24-12-17-11-18(26)5-6-23(17)31-24;3-1(4)2(5)6/h2-6,8-9,11-13,19,27-29H,7,10,14-15H2,1H3;(H,3,4)(H,5,6)/t19-,25?;/m0./s1. The molecule has 3 heterocycles. The van der Waals surface area contributed by atoms with E-state index in [1.807, 2.05) is 42.6 Å². The number of aromatic amines is 1. The van der Waals surface area contributed by atoms with Crippen LogP contribution < -0.4 is 10.1 Å². The zero-order valence-corrected chi connectivity index (χ0v) is 21.6. The van der Waals surface area contributed by atoms with Gasteiger partial charge in [-0.05, 0) is 73.2 Å². The number of thiophene rings is 1. The normalized spacial score (nSPS) is 18.1. The third-order valence-corrected chi connectivity index (χ3v) is 7.47. The summed E-state index contributed by atoms with van der Waals surface area (Å²) in [5.41, 5.74) is 2.07. The lowest BCUT2D eigenvalue weighted by atomic mass is 9.87. The number of carboxylic acids is 2. The van der Waals surface area contributed by atoms with Crippen LogP contribution in [0.2, 0.25) is 5.02 Å². The molecular formula is C27H27ClN2O6S. The van der Waals surface area contributed by atoms with E-state index in [1.165, 1.54) is 20.5 Å². The van der Waals surface area contributed by atoms with Crippen LogP contribution in [0.5, 0.6) is 5.75 Å². The molecule has 0 spiro atoms. The maximum absolute atomic E-state index is 10.7. The lowest BCUT2D eigenvalue weighted by Crippen LogP contribution is -2.47. The summed E-state index contributed by atoms with van der Waals surface area (Å²) in [6.45, 7) is 3.28. The number of hydrogen-bond acceptors (Lipinski definition) is 6. The number of carbonyl (C=O) groups is 2. The molecule has 0 radical (unpaired) electrons. The summed E-state index contributed by atoms with van der Waals surface area (Å²) in [7, 11) is 0. The van der Waals surface area contributed by atoms with Crippen LogP contribution in [-0.2, 0) is 9.59 Å². The molecule has 0 saturated heterocycles. The Balaban J connectivity index is 0.000000480. The lowest BCUT2D eigenvalue weighted by Gasteiger charge is -2.34. The van der Waals surface area contributed by atoms with Gasteiger partial charge in [-0.15, -0.1) is 11.3 Å². The van der Waals surface area contributed by atoms with Gasteiger partial charge >= 0.3 is 11.9 Å². The van der Waals surface area contributed by atoms with Gasteiger partial charge in [0.2, 0.25) is 0 Å². The second kappa shape index (κ2) is 11.4. The zero-order valence-electron chi connectivity index (χ0n) is 20.0. The molecular weight excluding hydrogens is 516 g/mol. The molecule has 0 aliphatic carbocycles. The van der Waals surface area contributed by atoms with E-state index < -0.39 is 18.0 Å². The van der Waals surface area contributed by atoms with E-state index in [2.05, 4.69) is 35.4 Å². The van der Waals surface area contributed by atoms with Crippen LogP contribution in [0.3, 0.4) is 0 Å². The Morgan fingerprint density at radius 3 is 2.70 bits per heavy atom. The Bertz CT molecular complexity index is 1450. The maximum atomic E-state index is 10.7. The van der Waals surface area contributed by atoms with Crippen LogP contribution in [-0.4, -0.2) is 57.0 Å². The topological polar surface area (TPSA) is 132 Å². The summed E-state index contributed by atoms with van der Waals surface area (Å²) < 4.78 is 7.20. The van der Waals surface area contributed by atoms with Crippen molar-refractivity contribution in [3.8, 4) is 5.75 Å².